The molecule has 0 aromatic heterocycles. The van der Waals surface area contributed by atoms with Gasteiger partial charge in [-0.3, -0.25) is 9.79 Å². The van der Waals surface area contributed by atoms with Gasteiger partial charge in [-0.2, -0.15) is 0 Å². The largest absolute Gasteiger partial charge is 0.460 e. The fourth-order valence-corrected chi connectivity index (χ4v) is 1.34. The van der Waals surface area contributed by atoms with E-state index >= 15 is 0 Å². The smallest absolute Gasteiger partial charge is 0.306 e. The molecule has 0 aliphatic rings. The van der Waals surface area contributed by atoms with Gasteiger partial charge in [-0.1, -0.05) is 12.8 Å². The van der Waals surface area contributed by atoms with Crippen LogP contribution in [0.2, 0.25) is 0 Å². The number of unbranched alkanes of at least 4 members (excludes halogenated alkanes) is 3. The third-order valence-electron chi connectivity index (χ3n) is 2.00. The topological polar surface area (TPSA) is 90.7 Å². The molecule has 0 bridgehead atoms. The Kier molecular flexibility index (Phi) is 11.4. The summed E-state index contributed by atoms with van der Waals surface area (Å²) in [5.41, 5.74) is 10.0. The lowest BCUT2D eigenvalue weighted by molar-refractivity contribution is -0.154. The highest BCUT2D eigenvalue weighted by molar-refractivity contribution is 14.0. The minimum Gasteiger partial charge on any atom is -0.460 e. The lowest BCUT2D eigenvalue weighted by Crippen LogP contribution is -2.23. The van der Waals surface area contributed by atoms with Crippen molar-refractivity contribution < 1.29 is 9.53 Å². The molecule has 0 aromatic carbocycles. The summed E-state index contributed by atoms with van der Waals surface area (Å²) in [5, 5.41) is 0. The van der Waals surface area contributed by atoms with Crippen molar-refractivity contribution in [1.82, 2.24) is 0 Å². The average molecular weight is 371 g/mol. The van der Waals surface area contributed by atoms with Gasteiger partial charge in [0.15, 0.2) is 5.96 Å². The van der Waals surface area contributed by atoms with Crippen molar-refractivity contribution in [2.45, 2.75) is 58.5 Å². The van der Waals surface area contributed by atoms with Crippen molar-refractivity contribution in [2.75, 3.05) is 6.54 Å². The van der Waals surface area contributed by atoms with Gasteiger partial charge in [-0.05, 0) is 33.6 Å². The van der Waals surface area contributed by atoms with Crippen molar-refractivity contribution in [1.29, 1.82) is 0 Å². The fourth-order valence-electron chi connectivity index (χ4n) is 1.34. The van der Waals surface area contributed by atoms with Gasteiger partial charge in [0.2, 0.25) is 0 Å². The third-order valence-corrected chi connectivity index (χ3v) is 2.00. The molecule has 0 saturated carbocycles. The van der Waals surface area contributed by atoms with Gasteiger partial charge in [0.1, 0.15) is 5.60 Å². The third kappa shape index (κ3) is 15.5. The van der Waals surface area contributed by atoms with Crippen LogP contribution in [-0.2, 0) is 9.53 Å². The van der Waals surface area contributed by atoms with Crippen LogP contribution >= 0.6 is 24.0 Å². The van der Waals surface area contributed by atoms with Gasteiger partial charge >= 0.3 is 5.97 Å². The Labute approximate surface area is 127 Å². The second-order valence-electron chi connectivity index (χ2n) is 5.06. The zero-order chi connectivity index (χ0) is 13.3. The Balaban J connectivity index is 0. The molecule has 5 nitrogen and oxygen atoms in total. The predicted molar refractivity (Wildman–Crippen MR) is 85.0 cm³/mol. The van der Waals surface area contributed by atoms with E-state index in [1.807, 2.05) is 20.8 Å². The normalized spacial score (nSPS) is 10.4. The number of guanidine groups is 1. The molecular weight excluding hydrogens is 345 g/mol. The van der Waals surface area contributed by atoms with Crippen molar-refractivity contribution in [3.8, 4) is 0 Å². The van der Waals surface area contributed by atoms with Crippen LogP contribution < -0.4 is 11.5 Å². The molecule has 0 aromatic rings. The molecule has 0 saturated heterocycles. The number of aliphatic imine (C=N–C) groups is 1. The average Bonchev–Trinajstić information content (AvgIpc) is 2.12. The molecule has 6 heteroatoms. The molecule has 0 fully saturated rings. The van der Waals surface area contributed by atoms with Crippen molar-refractivity contribution in [3.63, 3.8) is 0 Å². The summed E-state index contributed by atoms with van der Waals surface area (Å²) in [6.45, 7) is 6.29. The van der Waals surface area contributed by atoms with E-state index in [-0.39, 0.29) is 41.5 Å². The Bertz CT molecular complexity index is 259. The minimum absolute atomic E-state index is 0. The molecule has 0 aliphatic carbocycles. The van der Waals surface area contributed by atoms with Crippen LogP contribution in [0.25, 0.3) is 0 Å². The highest BCUT2D eigenvalue weighted by Gasteiger charge is 2.15. The highest BCUT2D eigenvalue weighted by atomic mass is 127. The van der Waals surface area contributed by atoms with Gasteiger partial charge in [-0.15, -0.1) is 24.0 Å². The van der Waals surface area contributed by atoms with Crippen LogP contribution in [-0.4, -0.2) is 24.1 Å². The quantitative estimate of drug-likeness (QED) is 0.236. The molecule has 0 spiro atoms. The maximum Gasteiger partial charge on any atom is 0.306 e. The van der Waals surface area contributed by atoms with Crippen molar-refractivity contribution in [3.05, 3.63) is 0 Å². The van der Waals surface area contributed by atoms with E-state index in [2.05, 4.69) is 4.99 Å². The predicted octanol–water partition coefficient (Wildman–Crippen LogP) is 2.17. The molecule has 0 rings (SSSR count). The SMILES string of the molecule is CC(C)(C)OC(=O)CCCCCCN=C(N)N.I. The zero-order valence-corrected chi connectivity index (χ0v) is 13.9. The van der Waals surface area contributed by atoms with Gasteiger partial charge in [0.05, 0.1) is 0 Å². The summed E-state index contributed by atoms with van der Waals surface area (Å²) in [6.07, 6.45) is 4.32. The summed E-state index contributed by atoms with van der Waals surface area (Å²) >= 11 is 0. The molecule has 0 unspecified atom stereocenters. The monoisotopic (exact) mass is 371 g/mol. The van der Waals surface area contributed by atoms with E-state index in [0.717, 1.165) is 25.7 Å². The van der Waals surface area contributed by atoms with Crippen molar-refractivity contribution in [2.24, 2.45) is 16.5 Å². The summed E-state index contributed by atoms with van der Waals surface area (Å²) in [4.78, 5) is 15.2. The second-order valence-corrected chi connectivity index (χ2v) is 5.06. The minimum atomic E-state index is -0.384. The van der Waals surface area contributed by atoms with Crippen molar-refractivity contribution >= 4 is 35.9 Å². The van der Waals surface area contributed by atoms with E-state index in [0.29, 0.717) is 13.0 Å². The number of ether oxygens (including phenoxy) is 1. The summed E-state index contributed by atoms with van der Waals surface area (Å²) in [6, 6.07) is 0. The Morgan fingerprint density at radius 1 is 1.11 bits per heavy atom. The lowest BCUT2D eigenvalue weighted by Gasteiger charge is -2.19. The number of rotatable bonds is 7. The first-order chi connectivity index (χ1) is 7.81. The van der Waals surface area contributed by atoms with E-state index in [1.54, 1.807) is 0 Å². The molecule has 4 N–H and O–H groups in total. The summed E-state index contributed by atoms with van der Waals surface area (Å²) in [7, 11) is 0. The van der Waals surface area contributed by atoms with Crippen LogP contribution in [0.4, 0.5) is 0 Å². The van der Waals surface area contributed by atoms with Gasteiger partial charge < -0.3 is 16.2 Å². The van der Waals surface area contributed by atoms with E-state index in [4.69, 9.17) is 16.2 Å². The first-order valence-electron chi connectivity index (χ1n) is 6.08. The van der Waals surface area contributed by atoms with E-state index in [1.165, 1.54) is 0 Å². The highest BCUT2D eigenvalue weighted by Crippen LogP contribution is 2.11. The number of carbonyl (C=O) groups is 1. The number of hydrogen-bond donors (Lipinski definition) is 2. The summed E-state index contributed by atoms with van der Waals surface area (Å²) < 4.78 is 5.20. The molecule has 0 heterocycles. The molecule has 108 valence electrons. The van der Waals surface area contributed by atoms with Crippen LogP contribution in [0, 0.1) is 0 Å². The molecule has 0 radical (unpaired) electrons. The number of halogens is 1. The number of nitrogens with two attached hydrogens (primary N) is 2. The van der Waals surface area contributed by atoms with Crippen LogP contribution in [0.1, 0.15) is 52.9 Å². The van der Waals surface area contributed by atoms with E-state index < -0.39 is 0 Å². The van der Waals surface area contributed by atoms with Crippen LogP contribution in [0.5, 0.6) is 0 Å². The Morgan fingerprint density at radius 3 is 2.17 bits per heavy atom. The van der Waals surface area contributed by atoms with Gasteiger partial charge in [0.25, 0.3) is 0 Å². The van der Waals surface area contributed by atoms with E-state index in [9.17, 15) is 4.79 Å². The second kappa shape index (κ2) is 10.4. The first kappa shape index (κ1) is 19.8. The first-order valence-corrected chi connectivity index (χ1v) is 6.08. The van der Waals surface area contributed by atoms with Crippen LogP contribution in [0.15, 0.2) is 4.99 Å². The Hall–Kier alpha value is -0.530. The molecule has 18 heavy (non-hydrogen) atoms. The molecule has 0 amide bonds. The number of esters is 1. The molecule has 0 atom stereocenters. The fraction of sp³-hybridized carbons (Fsp3) is 0.833. The maximum atomic E-state index is 11.4. The number of nitrogens with zero attached hydrogens (tertiary/aromatic N) is 1. The van der Waals surface area contributed by atoms with Crippen LogP contribution in [0.3, 0.4) is 0 Å². The molecule has 0 aliphatic heterocycles. The standard InChI is InChI=1S/C12H25N3O2.HI/c1-12(2,3)17-10(16)8-6-4-5-7-9-15-11(13)14;/h4-9H2,1-3H3,(H4,13,14,15);1H. The summed E-state index contributed by atoms with van der Waals surface area (Å²) in [5.74, 6) is 0.0143. The van der Waals surface area contributed by atoms with Gasteiger partial charge in [0, 0.05) is 13.0 Å². The number of carbonyl (C=O) groups excluding carboxylic acids is 1. The Morgan fingerprint density at radius 2 is 1.67 bits per heavy atom. The van der Waals surface area contributed by atoms with Gasteiger partial charge in [-0.25, -0.2) is 0 Å². The zero-order valence-electron chi connectivity index (χ0n) is 11.6. The molecular formula is C12H26IN3O2. The number of hydrogen-bond acceptors (Lipinski definition) is 3. The maximum absolute atomic E-state index is 11.4. The lowest BCUT2D eigenvalue weighted by atomic mass is 10.1.